The molecule has 1 aromatic carbocycles. The Labute approximate surface area is 203 Å². The van der Waals surface area contributed by atoms with Crippen molar-refractivity contribution in [2.75, 3.05) is 0 Å². The van der Waals surface area contributed by atoms with Crippen LogP contribution in [-0.2, 0) is 14.0 Å². The molecule has 0 saturated carbocycles. The van der Waals surface area contributed by atoms with Crippen molar-refractivity contribution in [2.45, 2.75) is 96.1 Å². The van der Waals surface area contributed by atoms with E-state index in [1.165, 1.54) is 13.0 Å². The van der Waals surface area contributed by atoms with E-state index in [9.17, 15) is 13.6 Å². The van der Waals surface area contributed by atoms with Crippen molar-refractivity contribution in [3.05, 3.63) is 65.0 Å². The minimum absolute atomic E-state index is 0.210. The van der Waals surface area contributed by atoms with Gasteiger partial charge in [-0.1, -0.05) is 59.7 Å². The highest BCUT2D eigenvalue weighted by atomic mass is 28.4. The zero-order chi connectivity index (χ0) is 25.2. The summed E-state index contributed by atoms with van der Waals surface area (Å²) in [5, 5.41) is 0. The van der Waals surface area contributed by atoms with Crippen molar-refractivity contribution >= 4 is 14.3 Å². The molecular weight excluding hydrogens is 452 g/mol. The van der Waals surface area contributed by atoms with Crippen LogP contribution in [-0.4, -0.2) is 19.3 Å². The fourth-order valence-corrected chi connectivity index (χ4v) is 11.5. The summed E-state index contributed by atoms with van der Waals surface area (Å²) in [7, 11) is -2.26. The molecule has 0 aliphatic heterocycles. The first kappa shape index (κ1) is 26.5. The van der Waals surface area contributed by atoms with Crippen LogP contribution in [0, 0.1) is 11.6 Å². The van der Waals surface area contributed by atoms with Gasteiger partial charge in [0.15, 0.2) is 11.6 Å². The van der Waals surface area contributed by atoms with Crippen LogP contribution in [0.3, 0.4) is 0 Å². The minimum atomic E-state index is -2.26. The highest BCUT2D eigenvalue weighted by molar-refractivity contribution is 6.77. The van der Waals surface area contributed by atoms with Crippen molar-refractivity contribution < 1.29 is 22.7 Å². The predicted molar refractivity (Wildman–Crippen MR) is 132 cm³/mol. The monoisotopic (exact) mass is 489 g/mol. The second-order valence-corrected chi connectivity index (χ2v) is 15.7. The average Bonchev–Trinajstić information content (AvgIpc) is 2.90. The first-order valence-electron chi connectivity index (χ1n) is 12.2. The summed E-state index contributed by atoms with van der Waals surface area (Å²) >= 11 is 0. The molecule has 34 heavy (non-hydrogen) atoms. The molecule has 0 saturated heterocycles. The number of fused-ring (bicyclic) bond motifs is 1. The molecule has 1 aromatic heterocycles. The number of hydrogen-bond donors (Lipinski definition) is 0. The van der Waals surface area contributed by atoms with Gasteiger partial charge in [-0.15, -0.1) is 0 Å². The van der Waals surface area contributed by atoms with E-state index in [1.54, 1.807) is 18.3 Å². The first-order valence-corrected chi connectivity index (χ1v) is 14.4. The Kier molecular flexibility index (Phi) is 8.29. The molecule has 0 fully saturated rings. The summed E-state index contributed by atoms with van der Waals surface area (Å²) in [5.41, 5.74) is 2.78. The first-order chi connectivity index (χ1) is 16.0. The summed E-state index contributed by atoms with van der Waals surface area (Å²) in [4.78, 5) is 16.8. The van der Waals surface area contributed by atoms with Gasteiger partial charge in [-0.25, -0.2) is 8.78 Å². The van der Waals surface area contributed by atoms with Crippen molar-refractivity contribution in [2.24, 2.45) is 0 Å². The van der Waals surface area contributed by atoms with Crippen LogP contribution in [0.2, 0.25) is 16.6 Å². The maximum atomic E-state index is 14.9. The SMILES string of the molecule is CC(=O)O[C@@H]1c2cccnc2[C@H](O[Si](C(C)C)(C(C)C)C(C)C)CC[C@H]1c1cccc(F)c1F. The normalized spacial score (nSPS) is 21.0. The van der Waals surface area contributed by atoms with Gasteiger partial charge >= 0.3 is 5.97 Å². The standard InChI is InChI=1S/C27H37F2NO3Si/c1-16(2)34(17(3)4,18(5)6)33-24-14-13-21(20-10-8-12-23(28)25(20)29)27(32-19(7)31)22-11-9-15-30-26(22)24/h8-12,15-18,21,24,27H,13-14H2,1-7H3/t21-,24+,27-/m0/s1. The molecule has 0 amide bonds. The Morgan fingerprint density at radius 2 is 1.59 bits per heavy atom. The Morgan fingerprint density at radius 3 is 2.18 bits per heavy atom. The maximum Gasteiger partial charge on any atom is 0.303 e. The van der Waals surface area contributed by atoms with E-state index in [2.05, 4.69) is 46.5 Å². The van der Waals surface area contributed by atoms with Gasteiger partial charge in [0.1, 0.15) is 6.10 Å². The Hall–Kier alpha value is -2.12. The van der Waals surface area contributed by atoms with E-state index in [0.717, 1.165) is 11.8 Å². The number of hydrogen-bond acceptors (Lipinski definition) is 4. The molecule has 1 aliphatic rings. The fraction of sp³-hybridized carbons (Fsp3) is 0.556. The number of rotatable bonds is 7. The summed E-state index contributed by atoms with van der Waals surface area (Å²) in [6.45, 7) is 14.7. The van der Waals surface area contributed by atoms with Crippen LogP contribution in [0.1, 0.15) is 96.3 Å². The molecule has 3 atom stereocenters. The van der Waals surface area contributed by atoms with Crippen LogP contribution in [0.15, 0.2) is 36.5 Å². The number of carbonyl (C=O) groups excluding carboxylic acids is 1. The molecule has 1 heterocycles. The highest BCUT2D eigenvalue weighted by Gasteiger charge is 2.48. The molecule has 4 nitrogen and oxygen atoms in total. The number of benzene rings is 1. The summed E-state index contributed by atoms with van der Waals surface area (Å²) in [6, 6.07) is 7.83. The van der Waals surface area contributed by atoms with Crippen LogP contribution >= 0.6 is 0 Å². The van der Waals surface area contributed by atoms with E-state index in [1.807, 2.05) is 6.07 Å². The van der Waals surface area contributed by atoms with Gasteiger partial charge in [0, 0.05) is 24.6 Å². The fourth-order valence-electron chi connectivity index (χ4n) is 5.99. The summed E-state index contributed by atoms with van der Waals surface area (Å²) in [6.07, 6.45) is 1.67. The molecule has 186 valence electrons. The van der Waals surface area contributed by atoms with Gasteiger partial charge in [0.25, 0.3) is 0 Å². The van der Waals surface area contributed by atoms with Gasteiger partial charge < -0.3 is 9.16 Å². The molecular formula is C27H37F2NO3Si. The van der Waals surface area contributed by atoms with Gasteiger partial charge in [0.05, 0.1) is 11.8 Å². The number of carbonyl (C=O) groups is 1. The number of ether oxygens (including phenoxy) is 1. The number of esters is 1. The maximum absolute atomic E-state index is 14.9. The van der Waals surface area contributed by atoms with Crippen molar-refractivity contribution in [1.29, 1.82) is 0 Å². The van der Waals surface area contributed by atoms with Gasteiger partial charge in [-0.05, 0) is 47.2 Å². The van der Waals surface area contributed by atoms with Gasteiger partial charge in [0.2, 0.25) is 8.32 Å². The van der Waals surface area contributed by atoms with Crippen molar-refractivity contribution in [3.63, 3.8) is 0 Å². The number of halogens is 2. The van der Waals surface area contributed by atoms with Gasteiger partial charge in [-0.3, -0.25) is 9.78 Å². The topological polar surface area (TPSA) is 48.4 Å². The molecule has 3 rings (SSSR count). The van der Waals surface area contributed by atoms with Crippen LogP contribution < -0.4 is 0 Å². The molecule has 7 heteroatoms. The molecule has 0 radical (unpaired) electrons. The Balaban J connectivity index is 2.15. The third-order valence-corrected chi connectivity index (χ3v) is 13.4. The average molecular weight is 490 g/mol. The van der Waals surface area contributed by atoms with Crippen LogP contribution in [0.25, 0.3) is 0 Å². The zero-order valence-electron chi connectivity index (χ0n) is 21.3. The van der Waals surface area contributed by atoms with Crippen molar-refractivity contribution in [1.82, 2.24) is 4.98 Å². The summed E-state index contributed by atoms with van der Waals surface area (Å²) < 4.78 is 42.0. The number of pyridine rings is 1. The summed E-state index contributed by atoms with van der Waals surface area (Å²) in [5.74, 6) is -2.83. The third kappa shape index (κ3) is 4.96. The predicted octanol–water partition coefficient (Wildman–Crippen LogP) is 7.77. The third-order valence-electron chi connectivity index (χ3n) is 7.32. The lowest BCUT2D eigenvalue weighted by molar-refractivity contribution is -0.148. The molecule has 0 unspecified atom stereocenters. The van der Waals surface area contributed by atoms with E-state index >= 15 is 0 Å². The second kappa shape index (κ2) is 10.6. The molecule has 0 spiro atoms. The largest absolute Gasteiger partial charge is 0.457 e. The zero-order valence-corrected chi connectivity index (χ0v) is 22.3. The van der Waals surface area contributed by atoms with Crippen molar-refractivity contribution in [3.8, 4) is 0 Å². The molecule has 0 bridgehead atoms. The molecule has 2 aromatic rings. The number of nitrogens with zero attached hydrogens (tertiary/aromatic N) is 1. The smallest absolute Gasteiger partial charge is 0.303 e. The highest BCUT2D eigenvalue weighted by Crippen LogP contribution is 2.50. The molecule has 1 aliphatic carbocycles. The lowest BCUT2D eigenvalue weighted by Gasteiger charge is -2.44. The Bertz CT molecular complexity index is 989. The van der Waals surface area contributed by atoms with Crippen LogP contribution in [0.5, 0.6) is 0 Å². The van der Waals surface area contributed by atoms with E-state index in [4.69, 9.17) is 9.16 Å². The van der Waals surface area contributed by atoms with E-state index in [0.29, 0.717) is 35.0 Å². The molecule has 0 N–H and O–H groups in total. The second-order valence-electron chi connectivity index (χ2n) is 10.3. The lowest BCUT2D eigenvalue weighted by Crippen LogP contribution is -2.48. The van der Waals surface area contributed by atoms with E-state index < -0.39 is 37.9 Å². The number of aromatic nitrogens is 1. The van der Waals surface area contributed by atoms with Crippen LogP contribution in [0.4, 0.5) is 8.78 Å². The van der Waals surface area contributed by atoms with E-state index in [-0.39, 0.29) is 11.7 Å². The quantitative estimate of drug-likeness (QED) is 0.226. The van der Waals surface area contributed by atoms with Gasteiger partial charge in [-0.2, -0.15) is 0 Å². The lowest BCUT2D eigenvalue weighted by atomic mass is 9.87. The Morgan fingerprint density at radius 1 is 0.971 bits per heavy atom. The minimum Gasteiger partial charge on any atom is -0.457 e.